The van der Waals surface area contributed by atoms with Crippen LogP contribution in [-0.4, -0.2) is 17.6 Å². The van der Waals surface area contributed by atoms with Crippen molar-refractivity contribution in [2.75, 3.05) is 6.54 Å². The van der Waals surface area contributed by atoms with E-state index in [0.29, 0.717) is 6.04 Å². The number of nitrogens with one attached hydrogen (secondary N) is 2. The van der Waals surface area contributed by atoms with E-state index in [4.69, 9.17) is 0 Å². The van der Waals surface area contributed by atoms with Crippen LogP contribution in [0.1, 0.15) is 36.3 Å². The van der Waals surface area contributed by atoms with Crippen molar-refractivity contribution in [3.05, 3.63) is 83.8 Å². The minimum Gasteiger partial charge on any atom is -0.361 e. The summed E-state index contributed by atoms with van der Waals surface area (Å²) in [7, 11) is 0. The van der Waals surface area contributed by atoms with E-state index >= 15 is 0 Å². The van der Waals surface area contributed by atoms with E-state index in [2.05, 4.69) is 52.9 Å². The van der Waals surface area contributed by atoms with Crippen LogP contribution in [0.2, 0.25) is 0 Å². The number of hydrogen-bond acceptors (Lipinski definition) is 1. The Morgan fingerprint density at radius 3 is 2.88 bits per heavy atom. The summed E-state index contributed by atoms with van der Waals surface area (Å²) in [5.41, 5.74) is 3.68. The number of hydrogen-bond donors (Lipinski definition) is 2. The van der Waals surface area contributed by atoms with Crippen molar-refractivity contribution < 1.29 is 4.39 Å². The average molecular weight is 348 g/mol. The molecule has 0 spiro atoms. The van der Waals surface area contributed by atoms with Crippen molar-refractivity contribution in [3.63, 3.8) is 0 Å². The standard InChI is InChI=1S/C23H25FN2/c24-19-9-5-8-17(15-19)20-11-6-14-25-22(20)12-3-1-7-18-16-26-23-13-4-2-10-21(18)23/h2,4-6,8-11,13,15-16,20,22,25-26H,1,3,7,12,14H2. The molecule has 2 aromatic carbocycles. The van der Waals surface area contributed by atoms with Gasteiger partial charge in [-0.3, -0.25) is 0 Å². The van der Waals surface area contributed by atoms with Gasteiger partial charge in [-0.2, -0.15) is 0 Å². The van der Waals surface area contributed by atoms with E-state index in [-0.39, 0.29) is 11.7 Å². The van der Waals surface area contributed by atoms with Gasteiger partial charge in [0.15, 0.2) is 0 Å². The first-order chi connectivity index (χ1) is 12.8. The van der Waals surface area contributed by atoms with Gasteiger partial charge in [-0.1, -0.05) is 48.9 Å². The van der Waals surface area contributed by atoms with Crippen molar-refractivity contribution in [3.8, 4) is 0 Å². The topological polar surface area (TPSA) is 27.8 Å². The van der Waals surface area contributed by atoms with Crippen LogP contribution in [0.4, 0.5) is 4.39 Å². The van der Waals surface area contributed by atoms with Gasteiger partial charge in [-0.05, 0) is 48.6 Å². The fraction of sp³-hybridized carbons (Fsp3) is 0.304. The molecule has 0 aliphatic carbocycles. The van der Waals surface area contributed by atoms with Gasteiger partial charge < -0.3 is 10.3 Å². The van der Waals surface area contributed by atoms with Crippen molar-refractivity contribution in [1.82, 2.24) is 10.3 Å². The fourth-order valence-corrected chi connectivity index (χ4v) is 4.05. The molecule has 0 saturated carbocycles. The maximum atomic E-state index is 13.6. The lowest BCUT2D eigenvalue weighted by molar-refractivity contribution is 0.431. The van der Waals surface area contributed by atoms with Gasteiger partial charge >= 0.3 is 0 Å². The third-order valence-electron chi connectivity index (χ3n) is 5.39. The normalized spacial score (nSPS) is 19.9. The minimum absolute atomic E-state index is 0.153. The molecule has 0 amide bonds. The van der Waals surface area contributed by atoms with E-state index in [1.54, 1.807) is 12.1 Å². The molecular weight excluding hydrogens is 323 g/mol. The number of rotatable bonds is 6. The number of aryl methyl sites for hydroxylation is 1. The Bertz CT molecular complexity index is 896. The zero-order valence-corrected chi connectivity index (χ0v) is 14.9. The Labute approximate surface area is 154 Å². The Morgan fingerprint density at radius 2 is 1.96 bits per heavy atom. The Balaban J connectivity index is 1.35. The van der Waals surface area contributed by atoms with Crippen LogP contribution in [0.3, 0.4) is 0 Å². The van der Waals surface area contributed by atoms with Gasteiger partial charge in [0.05, 0.1) is 0 Å². The lowest BCUT2D eigenvalue weighted by atomic mass is 9.86. The lowest BCUT2D eigenvalue weighted by Crippen LogP contribution is -2.37. The zero-order chi connectivity index (χ0) is 17.8. The summed E-state index contributed by atoms with van der Waals surface area (Å²) < 4.78 is 13.6. The van der Waals surface area contributed by atoms with E-state index in [0.717, 1.165) is 31.4 Å². The summed E-state index contributed by atoms with van der Waals surface area (Å²) in [6.07, 6.45) is 11.1. The molecule has 0 radical (unpaired) electrons. The molecular formula is C23H25FN2. The number of aromatic nitrogens is 1. The van der Waals surface area contributed by atoms with Gasteiger partial charge in [0.2, 0.25) is 0 Å². The highest BCUT2D eigenvalue weighted by molar-refractivity contribution is 5.82. The van der Waals surface area contributed by atoms with Crippen molar-refractivity contribution in [2.24, 2.45) is 0 Å². The quantitative estimate of drug-likeness (QED) is 0.457. The second-order valence-corrected chi connectivity index (χ2v) is 7.13. The summed E-state index contributed by atoms with van der Waals surface area (Å²) >= 11 is 0. The molecule has 26 heavy (non-hydrogen) atoms. The molecule has 3 heteroatoms. The number of H-pyrrole nitrogens is 1. The van der Waals surface area contributed by atoms with E-state index in [9.17, 15) is 4.39 Å². The van der Waals surface area contributed by atoms with Gasteiger partial charge in [0.1, 0.15) is 5.82 Å². The number of halogens is 1. The van der Waals surface area contributed by atoms with E-state index < -0.39 is 0 Å². The summed E-state index contributed by atoms with van der Waals surface area (Å²) in [5.74, 6) is 0.104. The summed E-state index contributed by atoms with van der Waals surface area (Å²) in [4.78, 5) is 3.36. The van der Waals surface area contributed by atoms with Gasteiger partial charge in [-0.15, -0.1) is 0 Å². The molecule has 0 bridgehead atoms. The molecule has 4 rings (SSSR count). The predicted molar refractivity (Wildman–Crippen MR) is 106 cm³/mol. The van der Waals surface area contributed by atoms with Crippen molar-refractivity contribution in [2.45, 2.75) is 37.6 Å². The first-order valence-electron chi connectivity index (χ1n) is 9.52. The number of unbranched alkanes of at least 4 members (excludes halogenated alkanes) is 1. The maximum absolute atomic E-state index is 13.6. The third-order valence-corrected chi connectivity index (χ3v) is 5.39. The smallest absolute Gasteiger partial charge is 0.123 e. The molecule has 1 aromatic heterocycles. The summed E-state index contributed by atoms with van der Waals surface area (Å²) in [5, 5.41) is 4.93. The number of para-hydroxylation sites is 1. The van der Waals surface area contributed by atoms with Crippen LogP contribution in [0.15, 0.2) is 66.9 Å². The fourth-order valence-electron chi connectivity index (χ4n) is 4.05. The van der Waals surface area contributed by atoms with Crippen LogP contribution >= 0.6 is 0 Å². The Morgan fingerprint density at radius 1 is 1.04 bits per heavy atom. The highest BCUT2D eigenvalue weighted by Crippen LogP contribution is 2.28. The lowest BCUT2D eigenvalue weighted by Gasteiger charge is -2.29. The molecule has 1 aliphatic heterocycles. The summed E-state index contributed by atoms with van der Waals surface area (Å²) in [6.45, 7) is 0.902. The second-order valence-electron chi connectivity index (χ2n) is 7.13. The first kappa shape index (κ1) is 17.0. The number of aromatic amines is 1. The number of fused-ring (bicyclic) bond motifs is 1. The van der Waals surface area contributed by atoms with Crippen LogP contribution in [0, 0.1) is 5.82 Å². The van der Waals surface area contributed by atoms with Crippen LogP contribution < -0.4 is 5.32 Å². The maximum Gasteiger partial charge on any atom is 0.123 e. The van der Waals surface area contributed by atoms with Crippen LogP contribution in [0.5, 0.6) is 0 Å². The minimum atomic E-state index is -0.153. The molecule has 2 nitrogen and oxygen atoms in total. The van der Waals surface area contributed by atoms with E-state index in [1.807, 2.05) is 6.07 Å². The van der Waals surface area contributed by atoms with Gasteiger partial charge in [0, 0.05) is 35.6 Å². The molecule has 1 aliphatic rings. The highest BCUT2D eigenvalue weighted by Gasteiger charge is 2.22. The largest absolute Gasteiger partial charge is 0.361 e. The third kappa shape index (κ3) is 3.73. The Hall–Kier alpha value is -2.39. The first-order valence-corrected chi connectivity index (χ1v) is 9.52. The van der Waals surface area contributed by atoms with Gasteiger partial charge in [0.25, 0.3) is 0 Å². The SMILES string of the molecule is Fc1cccc(C2C=CCNC2CCCCc2c[nH]c3ccccc23)c1. The molecule has 2 unspecified atom stereocenters. The predicted octanol–water partition coefficient (Wildman–Crippen LogP) is 5.33. The molecule has 2 N–H and O–H groups in total. The molecule has 2 atom stereocenters. The van der Waals surface area contributed by atoms with Crippen LogP contribution in [-0.2, 0) is 6.42 Å². The van der Waals surface area contributed by atoms with Gasteiger partial charge in [-0.25, -0.2) is 4.39 Å². The number of benzene rings is 2. The monoisotopic (exact) mass is 348 g/mol. The van der Waals surface area contributed by atoms with Crippen LogP contribution in [0.25, 0.3) is 10.9 Å². The van der Waals surface area contributed by atoms with E-state index in [1.165, 1.54) is 29.0 Å². The Kier molecular flexibility index (Phi) is 5.16. The molecule has 134 valence electrons. The van der Waals surface area contributed by atoms with Crippen molar-refractivity contribution in [1.29, 1.82) is 0 Å². The zero-order valence-electron chi connectivity index (χ0n) is 14.9. The molecule has 0 fully saturated rings. The molecule has 2 heterocycles. The molecule has 3 aromatic rings. The second kappa shape index (κ2) is 7.88. The average Bonchev–Trinajstić information content (AvgIpc) is 3.09. The molecule has 0 saturated heterocycles. The highest BCUT2D eigenvalue weighted by atomic mass is 19.1. The van der Waals surface area contributed by atoms with Crippen molar-refractivity contribution >= 4 is 10.9 Å². The summed E-state index contributed by atoms with van der Waals surface area (Å²) in [6, 6.07) is 15.9.